The van der Waals surface area contributed by atoms with E-state index in [1.54, 1.807) is 18.2 Å². The van der Waals surface area contributed by atoms with Gasteiger partial charge in [-0.15, -0.1) is 0 Å². The van der Waals surface area contributed by atoms with Crippen molar-refractivity contribution in [3.8, 4) is 0 Å². The van der Waals surface area contributed by atoms with Gasteiger partial charge in [0.25, 0.3) is 5.56 Å². The van der Waals surface area contributed by atoms with E-state index < -0.39 is 5.69 Å². The van der Waals surface area contributed by atoms with Crippen molar-refractivity contribution in [2.75, 3.05) is 0 Å². The molecule has 0 aliphatic carbocycles. The first-order valence-electron chi connectivity index (χ1n) is 5.33. The third-order valence-electron chi connectivity index (χ3n) is 1.83. The summed E-state index contributed by atoms with van der Waals surface area (Å²) in [7, 11) is 0. The molecule has 0 saturated carbocycles. The summed E-state index contributed by atoms with van der Waals surface area (Å²) in [6.45, 7) is 9.37. The fourth-order valence-corrected chi connectivity index (χ4v) is 1.19. The van der Waals surface area contributed by atoms with Crippen molar-refractivity contribution >= 4 is 6.08 Å². The monoisotopic (exact) mass is 222 g/mol. The van der Waals surface area contributed by atoms with Crippen molar-refractivity contribution < 1.29 is 0 Å². The Kier molecular flexibility index (Phi) is 6.59. The van der Waals surface area contributed by atoms with Crippen LogP contribution in [-0.4, -0.2) is 9.97 Å². The van der Waals surface area contributed by atoms with Gasteiger partial charge in [-0.2, -0.15) is 0 Å². The zero-order valence-electron chi connectivity index (χ0n) is 9.96. The third-order valence-corrected chi connectivity index (χ3v) is 1.83. The number of H-pyrrole nitrogens is 2. The van der Waals surface area contributed by atoms with Gasteiger partial charge in [-0.25, -0.2) is 4.79 Å². The Bertz CT molecular complexity index is 467. The van der Waals surface area contributed by atoms with Crippen LogP contribution in [0.1, 0.15) is 32.0 Å². The minimum Gasteiger partial charge on any atom is -0.307 e. The van der Waals surface area contributed by atoms with Crippen LogP contribution in [0.15, 0.2) is 28.3 Å². The Balaban J connectivity index is 0.00000106. The lowest BCUT2D eigenvalue weighted by molar-refractivity contribution is 0.950. The lowest BCUT2D eigenvalue weighted by Crippen LogP contribution is -2.26. The van der Waals surface area contributed by atoms with Crippen LogP contribution < -0.4 is 11.2 Å². The number of rotatable bonds is 3. The van der Waals surface area contributed by atoms with Gasteiger partial charge in [0.15, 0.2) is 0 Å². The largest absolute Gasteiger partial charge is 0.326 e. The van der Waals surface area contributed by atoms with Gasteiger partial charge >= 0.3 is 5.69 Å². The summed E-state index contributed by atoms with van der Waals surface area (Å²) < 4.78 is 0. The number of aromatic amines is 2. The van der Waals surface area contributed by atoms with Crippen molar-refractivity contribution in [3.63, 3.8) is 0 Å². The van der Waals surface area contributed by atoms with Crippen LogP contribution >= 0.6 is 0 Å². The summed E-state index contributed by atoms with van der Waals surface area (Å²) in [5.74, 6) is 0. The highest BCUT2D eigenvalue weighted by Crippen LogP contribution is 2.00. The molecule has 0 unspecified atom stereocenters. The molecule has 4 heteroatoms. The minimum atomic E-state index is -0.490. The smallest absolute Gasteiger partial charge is 0.307 e. The van der Waals surface area contributed by atoms with Crippen LogP contribution in [0, 0.1) is 0 Å². The zero-order valence-corrected chi connectivity index (χ0v) is 9.96. The Morgan fingerprint density at radius 2 is 1.88 bits per heavy atom. The molecular formula is C12H18N2O2. The first-order valence-corrected chi connectivity index (χ1v) is 5.33. The van der Waals surface area contributed by atoms with E-state index >= 15 is 0 Å². The maximum atomic E-state index is 11.3. The second-order valence-corrected chi connectivity index (χ2v) is 2.75. The van der Waals surface area contributed by atoms with Crippen molar-refractivity contribution in [2.24, 2.45) is 0 Å². The van der Waals surface area contributed by atoms with Crippen LogP contribution in [-0.2, 0) is 6.42 Å². The molecule has 0 atom stereocenters. The fourth-order valence-electron chi connectivity index (χ4n) is 1.19. The van der Waals surface area contributed by atoms with Crippen molar-refractivity contribution in [2.45, 2.75) is 27.2 Å². The van der Waals surface area contributed by atoms with Gasteiger partial charge in [-0.3, -0.25) is 9.78 Å². The van der Waals surface area contributed by atoms with E-state index in [0.717, 1.165) is 0 Å². The van der Waals surface area contributed by atoms with Crippen molar-refractivity contribution in [1.29, 1.82) is 0 Å². The van der Waals surface area contributed by atoms with Crippen molar-refractivity contribution in [1.82, 2.24) is 9.97 Å². The van der Waals surface area contributed by atoms with Gasteiger partial charge in [-0.05, 0) is 12.5 Å². The lowest BCUT2D eigenvalue weighted by Gasteiger charge is -1.99. The molecule has 0 aliphatic rings. The lowest BCUT2D eigenvalue weighted by atomic mass is 10.1. The van der Waals surface area contributed by atoms with Gasteiger partial charge in [-0.1, -0.05) is 39.5 Å². The van der Waals surface area contributed by atoms with Gasteiger partial charge in [0.1, 0.15) is 0 Å². The molecule has 1 aromatic heterocycles. The standard InChI is InChI=1S/C10H12N2O2.C2H6/c1-3-5-6-8-7(4-2)9(13)12-10(14)11-8;1-2/h3,5-6H,1,4H2,2H3,(H2,11,12,13,14);1-2H3/b6-5-;. The van der Waals surface area contributed by atoms with Crippen LogP contribution in [0.5, 0.6) is 0 Å². The average Bonchev–Trinajstić information content (AvgIpc) is 2.28. The van der Waals surface area contributed by atoms with E-state index in [1.807, 2.05) is 20.8 Å². The molecule has 0 bridgehead atoms. The van der Waals surface area contributed by atoms with E-state index in [9.17, 15) is 9.59 Å². The van der Waals surface area contributed by atoms with E-state index in [4.69, 9.17) is 0 Å². The Morgan fingerprint density at radius 1 is 1.25 bits per heavy atom. The second-order valence-electron chi connectivity index (χ2n) is 2.75. The van der Waals surface area contributed by atoms with Gasteiger partial charge in [0.05, 0.1) is 5.69 Å². The third kappa shape index (κ3) is 3.73. The number of hydrogen-bond acceptors (Lipinski definition) is 2. The number of nitrogens with one attached hydrogen (secondary N) is 2. The Labute approximate surface area is 94.7 Å². The average molecular weight is 222 g/mol. The second kappa shape index (κ2) is 7.45. The molecule has 0 amide bonds. The summed E-state index contributed by atoms with van der Waals surface area (Å²) in [5.41, 5.74) is 0.291. The summed E-state index contributed by atoms with van der Waals surface area (Å²) in [6, 6.07) is 0. The van der Waals surface area contributed by atoms with Gasteiger partial charge in [0, 0.05) is 5.56 Å². The van der Waals surface area contributed by atoms with Gasteiger partial charge in [0.2, 0.25) is 0 Å². The zero-order chi connectivity index (χ0) is 12.6. The van der Waals surface area contributed by atoms with Crippen molar-refractivity contribution in [3.05, 3.63) is 50.8 Å². The molecule has 2 N–H and O–H groups in total. The Morgan fingerprint density at radius 3 is 2.38 bits per heavy atom. The topological polar surface area (TPSA) is 65.7 Å². The molecule has 1 rings (SSSR count). The van der Waals surface area contributed by atoms with Crippen LogP contribution in [0.25, 0.3) is 6.08 Å². The maximum absolute atomic E-state index is 11.3. The summed E-state index contributed by atoms with van der Waals surface area (Å²) in [4.78, 5) is 27.0. The summed E-state index contributed by atoms with van der Waals surface area (Å²) in [5, 5.41) is 0. The molecule has 1 aromatic rings. The molecule has 4 nitrogen and oxygen atoms in total. The SMILES string of the molecule is C=C/C=C\c1[nH]c(=O)[nH]c(=O)c1CC.CC. The molecular weight excluding hydrogens is 204 g/mol. The Hall–Kier alpha value is -1.84. The highest BCUT2D eigenvalue weighted by Gasteiger charge is 2.03. The summed E-state index contributed by atoms with van der Waals surface area (Å²) >= 11 is 0. The van der Waals surface area contributed by atoms with Gasteiger partial charge < -0.3 is 4.98 Å². The molecule has 1 heterocycles. The normalized spacial score (nSPS) is 9.69. The highest BCUT2D eigenvalue weighted by atomic mass is 16.2. The fraction of sp³-hybridized carbons (Fsp3) is 0.333. The molecule has 0 radical (unpaired) electrons. The number of allylic oxidation sites excluding steroid dienone is 2. The van der Waals surface area contributed by atoms with E-state index in [0.29, 0.717) is 17.7 Å². The highest BCUT2D eigenvalue weighted by molar-refractivity contribution is 5.49. The van der Waals surface area contributed by atoms with Crippen LogP contribution in [0.3, 0.4) is 0 Å². The minimum absolute atomic E-state index is 0.333. The quantitative estimate of drug-likeness (QED) is 0.766. The van der Waals surface area contributed by atoms with Crippen LogP contribution in [0.2, 0.25) is 0 Å². The molecule has 0 fully saturated rings. The molecule has 88 valence electrons. The predicted molar refractivity (Wildman–Crippen MR) is 67.6 cm³/mol. The molecule has 16 heavy (non-hydrogen) atoms. The molecule has 0 aliphatic heterocycles. The number of hydrogen-bond donors (Lipinski definition) is 2. The van der Waals surface area contributed by atoms with E-state index in [1.165, 1.54) is 0 Å². The number of aromatic nitrogens is 2. The molecule has 0 aromatic carbocycles. The predicted octanol–water partition coefficient (Wildman–Crippen LogP) is 1.85. The maximum Gasteiger partial charge on any atom is 0.326 e. The molecule has 0 spiro atoms. The van der Waals surface area contributed by atoms with E-state index in [-0.39, 0.29) is 5.56 Å². The molecule has 0 saturated heterocycles. The van der Waals surface area contributed by atoms with E-state index in [2.05, 4.69) is 16.5 Å². The first-order chi connectivity index (χ1) is 7.69. The first kappa shape index (κ1) is 14.2. The summed E-state index contributed by atoms with van der Waals surface area (Å²) in [6.07, 6.45) is 5.48. The van der Waals surface area contributed by atoms with Crippen LogP contribution in [0.4, 0.5) is 0 Å².